The quantitative estimate of drug-likeness (QED) is 0.607. The Balaban J connectivity index is 1.65. The van der Waals surface area contributed by atoms with E-state index < -0.39 is 0 Å². The van der Waals surface area contributed by atoms with E-state index in [1.165, 1.54) is 11.0 Å². The van der Waals surface area contributed by atoms with E-state index in [9.17, 15) is 4.79 Å². The van der Waals surface area contributed by atoms with E-state index in [0.717, 1.165) is 38.4 Å². The first kappa shape index (κ1) is 13.8. The molecule has 19 heavy (non-hydrogen) atoms. The van der Waals surface area contributed by atoms with Gasteiger partial charge in [0.2, 0.25) is 0 Å². The molecule has 0 saturated carbocycles. The van der Waals surface area contributed by atoms with Crippen LogP contribution in [-0.4, -0.2) is 45.4 Å². The molecule has 1 N–H and O–H groups in total. The van der Waals surface area contributed by atoms with E-state index >= 15 is 0 Å². The third kappa shape index (κ3) is 5.24. The molecule has 1 heterocycles. The maximum absolute atomic E-state index is 11.5. The van der Waals surface area contributed by atoms with Gasteiger partial charge in [0.15, 0.2) is 0 Å². The molecule has 0 radical (unpaired) electrons. The van der Waals surface area contributed by atoms with E-state index in [0.29, 0.717) is 6.61 Å². The molecule has 0 amide bonds. The smallest absolute Gasteiger partial charge is 0.330 e. The second kappa shape index (κ2) is 7.71. The van der Waals surface area contributed by atoms with Gasteiger partial charge in [-0.05, 0) is 11.6 Å². The van der Waals surface area contributed by atoms with Gasteiger partial charge < -0.3 is 14.4 Å². The highest BCUT2D eigenvalue weighted by atomic mass is 16.5. The summed E-state index contributed by atoms with van der Waals surface area (Å²) in [4.78, 5) is 13.0. The lowest BCUT2D eigenvalue weighted by Gasteiger charge is -2.23. The predicted molar refractivity (Wildman–Crippen MR) is 72.8 cm³/mol. The SMILES string of the molecule is O=C(/C=C/c1ccccc1)OCC[NH+]1CCOCC1. The first-order valence-corrected chi connectivity index (χ1v) is 6.66. The fraction of sp³-hybridized carbons (Fsp3) is 0.400. The maximum Gasteiger partial charge on any atom is 0.330 e. The Kier molecular flexibility index (Phi) is 5.59. The molecule has 0 spiro atoms. The molecule has 4 nitrogen and oxygen atoms in total. The Bertz CT molecular complexity index is 411. The van der Waals surface area contributed by atoms with Crippen LogP contribution in [-0.2, 0) is 14.3 Å². The van der Waals surface area contributed by atoms with Crippen LogP contribution in [0.3, 0.4) is 0 Å². The normalized spacial score (nSPS) is 16.6. The minimum absolute atomic E-state index is 0.281. The Hall–Kier alpha value is -1.65. The van der Waals surface area contributed by atoms with E-state index in [1.54, 1.807) is 6.08 Å². The number of morpholine rings is 1. The molecular weight excluding hydrogens is 242 g/mol. The largest absolute Gasteiger partial charge is 0.457 e. The van der Waals surface area contributed by atoms with Gasteiger partial charge in [0, 0.05) is 6.08 Å². The van der Waals surface area contributed by atoms with Gasteiger partial charge in [0.25, 0.3) is 0 Å². The van der Waals surface area contributed by atoms with Crippen molar-refractivity contribution < 1.29 is 19.2 Å². The summed E-state index contributed by atoms with van der Waals surface area (Å²) >= 11 is 0. The summed E-state index contributed by atoms with van der Waals surface area (Å²) < 4.78 is 10.5. The lowest BCUT2D eigenvalue weighted by molar-refractivity contribution is -0.908. The standard InChI is InChI=1S/C15H19NO3/c17-15(7-6-14-4-2-1-3-5-14)19-13-10-16-8-11-18-12-9-16/h1-7H,8-13H2/p+1/b7-6+. The lowest BCUT2D eigenvalue weighted by atomic mass is 10.2. The number of rotatable bonds is 5. The maximum atomic E-state index is 11.5. The number of benzene rings is 1. The first-order valence-electron chi connectivity index (χ1n) is 6.66. The topological polar surface area (TPSA) is 40.0 Å². The average Bonchev–Trinajstić information content (AvgIpc) is 2.47. The number of quaternary nitrogens is 1. The van der Waals surface area contributed by atoms with Crippen LogP contribution in [0.15, 0.2) is 36.4 Å². The molecule has 102 valence electrons. The van der Waals surface area contributed by atoms with Crippen molar-refractivity contribution in [3.63, 3.8) is 0 Å². The number of ether oxygens (including phenoxy) is 2. The summed E-state index contributed by atoms with van der Waals surface area (Å²) in [6, 6.07) is 9.71. The van der Waals surface area contributed by atoms with E-state index in [1.807, 2.05) is 30.3 Å². The summed E-state index contributed by atoms with van der Waals surface area (Å²) in [6.45, 7) is 4.92. The van der Waals surface area contributed by atoms with Gasteiger partial charge in [-0.1, -0.05) is 30.3 Å². The van der Waals surface area contributed by atoms with Crippen molar-refractivity contribution >= 4 is 12.0 Å². The molecule has 0 aliphatic carbocycles. The summed E-state index contributed by atoms with van der Waals surface area (Å²) in [6.07, 6.45) is 3.24. The number of hydrogen-bond donors (Lipinski definition) is 1. The Labute approximate surface area is 113 Å². The fourth-order valence-corrected chi connectivity index (χ4v) is 1.98. The van der Waals surface area contributed by atoms with Gasteiger partial charge in [0.1, 0.15) is 26.2 Å². The molecule has 1 aliphatic heterocycles. The van der Waals surface area contributed by atoms with Crippen molar-refractivity contribution in [1.82, 2.24) is 0 Å². The highest BCUT2D eigenvalue weighted by molar-refractivity contribution is 5.86. The summed E-state index contributed by atoms with van der Waals surface area (Å²) in [7, 11) is 0. The number of nitrogens with one attached hydrogen (secondary N) is 1. The number of carbonyl (C=O) groups is 1. The zero-order valence-corrected chi connectivity index (χ0v) is 11.0. The minimum atomic E-state index is -0.281. The van der Waals surface area contributed by atoms with E-state index in [4.69, 9.17) is 9.47 Å². The molecule has 0 unspecified atom stereocenters. The minimum Gasteiger partial charge on any atom is -0.457 e. The Morgan fingerprint density at radius 1 is 1.26 bits per heavy atom. The van der Waals surface area contributed by atoms with Crippen LogP contribution in [0, 0.1) is 0 Å². The zero-order chi connectivity index (χ0) is 13.3. The van der Waals surface area contributed by atoms with Crippen molar-refractivity contribution in [3.05, 3.63) is 42.0 Å². The van der Waals surface area contributed by atoms with Crippen molar-refractivity contribution in [2.24, 2.45) is 0 Å². The molecule has 0 bridgehead atoms. The number of esters is 1. The van der Waals surface area contributed by atoms with Crippen LogP contribution in [0.5, 0.6) is 0 Å². The van der Waals surface area contributed by atoms with Crippen molar-refractivity contribution in [2.75, 3.05) is 39.5 Å². The monoisotopic (exact) mass is 262 g/mol. The second-order valence-electron chi connectivity index (χ2n) is 4.52. The second-order valence-corrected chi connectivity index (χ2v) is 4.52. The molecule has 1 aliphatic rings. The molecule has 1 saturated heterocycles. The van der Waals surface area contributed by atoms with Crippen molar-refractivity contribution in [1.29, 1.82) is 0 Å². The highest BCUT2D eigenvalue weighted by Crippen LogP contribution is 2.00. The van der Waals surface area contributed by atoms with Crippen LogP contribution in [0.2, 0.25) is 0 Å². The highest BCUT2D eigenvalue weighted by Gasteiger charge is 2.13. The zero-order valence-electron chi connectivity index (χ0n) is 11.0. The van der Waals surface area contributed by atoms with E-state index in [-0.39, 0.29) is 5.97 Å². The molecule has 4 heteroatoms. The molecule has 0 aromatic heterocycles. The first-order chi connectivity index (χ1) is 9.34. The number of carbonyl (C=O) groups excluding carboxylic acids is 1. The van der Waals surface area contributed by atoms with Gasteiger partial charge in [-0.2, -0.15) is 0 Å². The molecular formula is C15H20NO3+. The van der Waals surface area contributed by atoms with Gasteiger partial charge in [-0.25, -0.2) is 4.79 Å². The van der Waals surface area contributed by atoms with Gasteiger partial charge in [0.05, 0.1) is 13.2 Å². The molecule has 1 aromatic carbocycles. The number of hydrogen-bond acceptors (Lipinski definition) is 3. The van der Waals surface area contributed by atoms with Crippen LogP contribution >= 0.6 is 0 Å². The summed E-state index contributed by atoms with van der Waals surface area (Å²) in [5, 5.41) is 0. The lowest BCUT2D eigenvalue weighted by Crippen LogP contribution is -3.14. The Morgan fingerprint density at radius 3 is 2.74 bits per heavy atom. The van der Waals surface area contributed by atoms with E-state index in [2.05, 4.69) is 0 Å². The van der Waals surface area contributed by atoms with Gasteiger partial charge in [-0.15, -0.1) is 0 Å². The van der Waals surface area contributed by atoms with Crippen LogP contribution in [0.1, 0.15) is 5.56 Å². The molecule has 2 rings (SSSR count). The van der Waals surface area contributed by atoms with Crippen LogP contribution < -0.4 is 4.90 Å². The van der Waals surface area contributed by atoms with Gasteiger partial charge >= 0.3 is 5.97 Å². The predicted octanol–water partition coefficient (Wildman–Crippen LogP) is 0.158. The molecule has 1 fully saturated rings. The molecule has 0 atom stereocenters. The molecule has 1 aromatic rings. The summed E-state index contributed by atoms with van der Waals surface area (Å²) in [5.74, 6) is -0.281. The third-order valence-corrected chi connectivity index (χ3v) is 3.11. The van der Waals surface area contributed by atoms with Crippen molar-refractivity contribution in [2.45, 2.75) is 0 Å². The third-order valence-electron chi connectivity index (χ3n) is 3.11. The summed E-state index contributed by atoms with van der Waals surface area (Å²) in [5.41, 5.74) is 0.998. The fourth-order valence-electron chi connectivity index (χ4n) is 1.98. The van der Waals surface area contributed by atoms with Gasteiger partial charge in [-0.3, -0.25) is 0 Å². The van der Waals surface area contributed by atoms with Crippen LogP contribution in [0.25, 0.3) is 6.08 Å². The Morgan fingerprint density at radius 2 is 2.00 bits per heavy atom. The average molecular weight is 262 g/mol. The van der Waals surface area contributed by atoms with Crippen LogP contribution in [0.4, 0.5) is 0 Å². The van der Waals surface area contributed by atoms with Crippen molar-refractivity contribution in [3.8, 4) is 0 Å².